The van der Waals surface area contributed by atoms with Crippen LogP contribution >= 0.6 is 0 Å². The number of nitrogens with zero attached hydrogens (tertiary/aromatic N) is 3. The summed E-state index contributed by atoms with van der Waals surface area (Å²) in [7, 11) is 0. The van der Waals surface area contributed by atoms with Gasteiger partial charge in [0.15, 0.2) is 6.61 Å². The van der Waals surface area contributed by atoms with E-state index in [1.807, 2.05) is 66.7 Å². The highest BCUT2D eigenvalue weighted by Crippen LogP contribution is 2.12. The number of benzene rings is 2. The fourth-order valence-electron chi connectivity index (χ4n) is 3.42. The van der Waals surface area contributed by atoms with Gasteiger partial charge in [0.05, 0.1) is 6.54 Å². The van der Waals surface area contributed by atoms with Gasteiger partial charge in [-0.05, 0) is 35.7 Å². The smallest absolute Gasteiger partial charge is 0.374 e. The second-order valence-corrected chi connectivity index (χ2v) is 7.58. The van der Waals surface area contributed by atoms with Crippen molar-refractivity contribution in [2.24, 2.45) is 0 Å². The Morgan fingerprint density at radius 2 is 1.64 bits per heavy atom. The molecule has 2 heterocycles. The highest BCUT2D eigenvalue weighted by molar-refractivity contribution is 5.88. The number of hydrogen-bond acceptors (Lipinski definition) is 5. The maximum Gasteiger partial charge on any atom is 0.374 e. The minimum absolute atomic E-state index is 0.0591. The molecule has 4 aromatic rings. The van der Waals surface area contributed by atoms with Crippen LogP contribution in [0.3, 0.4) is 0 Å². The van der Waals surface area contributed by atoms with Gasteiger partial charge in [-0.2, -0.15) is 5.10 Å². The molecule has 2 aromatic heterocycles. The third-order valence-electron chi connectivity index (χ3n) is 5.15. The van der Waals surface area contributed by atoms with E-state index in [4.69, 9.17) is 9.15 Å². The molecule has 0 bridgehead atoms. The second kappa shape index (κ2) is 10.9. The van der Waals surface area contributed by atoms with Crippen molar-refractivity contribution < 1.29 is 18.7 Å². The molecule has 168 valence electrons. The van der Waals surface area contributed by atoms with E-state index in [0.29, 0.717) is 31.8 Å². The van der Waals surface area contributed by atoms with Gasteiger partial charge in [-0.15, -0.1) is 0 Å². The lowest BCUT2D eigenvalue weighted by molar-refractivity contribution is -0.135. The van der Waals surface area contributed by atoms with E-state index >= 15 is 0 Å². The van der Waals surface area contributed by atoms with Crippen LogP contribution in [0.5, 0.6) is 0 Å². The molecule has 0 unspecified atom stereocenters. The highest BCUT2D eigenvalue weighted by atomic mass is 16.5. The summed E-state index contributed by atoms with van der Waals surface area (Å²) in [6.07, 6.45) is 4.18. The van der Waals surface area contributed by atoms with Crippen LogP contribution in [-0.4, -0.2) is 39.7 Å². The van der Waals surface area contributed by atoms with E-state index in [-0.39, 0.29) is 18.3 Å². The average Bonchev–Trinajstić information content (AvgIpc) is 3.54. The summed E-state index contributed by atoms with van der Waals surface area (Å²) in [6, 6.07) is 24.8. The van der Waals surface area contributed by atoms with Gasteiger partial charge in [0.25, 0.3) is 5.91 Å². The molecule has 0 N–H and O–H groups in total. The van der Waals surface area contributed by atoms with E-state index < -0.39 is 5.97 Å². The zero-order valence-corrected chi connectivity index (χ0v) is 18.2. The van der Waals surface area contributed by atoms with Crippen LogP contribution < -0.4 is 0 Å². The van der Waals surface area contributed by atoms with Crippen LogP contribution in [0.25, 0.3) is 0 Å². The summed E-state index contributed by atoms with van der Waals surface area (Å²) < 4.78 is 12.5. The van der Waals surface area contributed by atoms with Gasteiger partial charge >= 0.3 is 5.97 Å². The molecule has 2 aromatic carbocycles. The summed E-state index contributed by atoms with van der Waals surface area (Å²) in [5.41, 5.74) is 2.15. The maximum atomic E-state index is 12.9. The molecule has 0 aliphatic heterocycles. The van der Waals surface area contributed by atoms with Crippen LogP contribution in [0, 0.1) is 0 Å². The van der Waals surface area contributed by atoms with Crippen molar-refractivity contribution in [1.82, 2.24) is 14.7 Å². The molecule has 7 heteroatoms. The van der Waals surface area contributed by atoms with Crippen molar-refractivity contribution in [3.63, 3.8) is 0 Å². The monoisotopic (exact) mass is 443 g/mol. The third-order valence-corrected chi connectivity index (χ3v) is 5.15. The standard InChI is InChI=1S/C26H25N3O4/c30-25(20-32-26(31)24-13-12-23(33-24)19-29-16-7-15-27-29)28(18-22-10-5-2-6-11-22)17-14-21-8-3-1-4-9-21/h1-13,15-16H,14,17-20H2. The Bertz CT molecular complexity index is 1150. The number of carbonyl (C=O) groups is 2. The van der Waals surface area contributed by atoms with Gasteiger partial charge in [0, 0.05) is 25.5 Å². The Hall–Kier alpha value is -4.13. The normalized spacial score (nSPS) is 10.7. The number of carbonyl (C=O) groups excluding carboxylic acids is 2. The average molecular weight is 444 g/mol. The van der Waals surface area contributed by atoms with Crippen LogP contribution in [0.1, 0.15) is 27.4 Å². The van der Waals surface area contributed by atoms with Crippen molar-refractivity contribution in [1.29, 1.82) is 0 Å². The first-order chi connectivity index (χ1) is 16.2. The molecule has 33 heavy (non-hydrogen) atoms. The summed E-state index contributed by atoms with van der Waals surface area (Å²) in [5.74, 6) is -0.293. The Morgan fingerprint density at radius 1 is 0.909 bits per heavy atom. The molecule has 0 radical (unpaired) electrons. The summed E-state index contributed by atoms with van der Waals surface area (Å²) in [4.78, 5) is 27.1. The molecule has 0 aliphatic carbocycles. The topological polar surface area (TPSA) is 77.6 Å². The van der Waals surface area contributed by atoms with Gasteiger partial charge in [0.1, 0.15) is 5.76 Å². The summed E-state index contributed by atoms with van der Waals surface area (Å²) in [5, 5.41) is 4.11. The quantitative estimate of drug-likeness (QED) is 0.347. The third kappa shape index (κ3) is 6.43. The van der Waals surface area contributed by atoms with Gasteiger partial charge in [-0.25, -0.2) is 4.79 Å². The molecule has 0 fully saturated rings. The number of hydrogen-bond donors (Lipinski definition) is 0. The Morgan fingerprint density at radius 3 is 2.33 bits per heavy atom. The summed E-state index contributed by atoms with van der Waals surface area (Å²) >= 11 is 0. The van der Waals surface area contributed by atoms with Crippen LogP contribution in [0.15, 0.2) is 95.7 Å². The Kier molecular flexibility index (Phi) is 7.33. The zero-order valence-electron chi connectivity index (χ0n) is 18.2. The predicted octanol–water partition coefficient (Wildman–Crippen LogP) is 3.95. The molecule has 0 saturated carbocycles. The molecule has 0 spiro atoms. The predicted molar refractivity (Wildman–Crippen MR) is 122 cm³/mol. The van der Waals surface area contributed by atoms with E-state index in [0.717, 1.165) is 11.1 Å². The minimum Gasteiger partial charge on any atom is -0.452 e. The fourth-order valence-corrected chi connectivity index (χ4v) is 3.42. The molecule has 7 nitrogen and oxygen atoms in total. The number of rotatable bonds is 10. The number of aromatic nitrogens is 2. The fraction of sp³-hybridized carbons (Fsp3) is 0.192. The van der Waals surface area contributed by atoms with Gasteiger partial charge in [-0.3, -0.25) is 9.48 Å². The Balaban J connectivity index is 1.35. The van der Waals surface area contributed by atoms with Gasteiger partial charge in [0.2, 0.25) is 5.76 Å². The number of furan rings is 1. The minimum atomic E-state index is -0.669. The van der Waals surface area contributed by atoms with Crippen LogP contribution in [0.4, 0.5) is 0 Å². The van der Waals surface area contributed by atoms with Crippen molar-refractivity contribution in [2.75, 3.05) is 13.2 Å². The molecule has 0 saturated heterocycles. The largest absolute Gasteiger partial charge is 0.452 e. The second-order valence-electron chi connectivity index (χ2n) is 7.58. The molecule has 1 amide bonds. The summed E-state index contributed by atoms with van der Waals surface area (Å²) in [6.45, 7) is 1.02. The SMILES string of the molecule is O=C(OCC(=O)N(CCc1ccccc1)Cc1ccccc1)c1ccc(Cn2cccn2)o1. The van der Waals surface area contributed by atoms with E-state index in [2.05, 4.69) is 5.10 Å². The van der Waals surface area contributed by atoms with Crippen molar-refractivity contribution in [3.05, 3.63) is 114 Å². The Labute approximate surface area is 192 Å². The first kappa shape index (κ1) is 22.1. The number of amides is 1. The van der Waals surface area contributed by atoms with Crippen LogP contribution in [0.2, 0.25) is 0 Å². The van der Waals surface area contributed by atoms with E-state index in [9.17, 15) is 9.59 Å². The lowest BCUT2D eigenvalue weighted by atomic mass is 10.1. The van der Waals surface area contributed by atoms with Crippen molar-refractivity contribution in [3.8, 4) is 0 Å². The highest BCUT2D eigenvalue weighted by Gasteiger charge is 2.19. The maximum absolute atomic E-state index is 12.9. The van der Waals surface area contributed by atoms with Crippen molar-refractivity contribution >= 4 is 11.9 Å². The van der Waals surface area contributed by atoms with Gasteiger partial charge < -0.3 is 14.1 Å². The molecular formula is C26H25N3O4. The molecule has 0 atom stereocenters. The first-order valence-electron chi connectivity index (χ1n) is 10.8. The molecular weight excluding hydrogens is 418 g/mol. The van der Waals surface area contributed by atoms with E-state index in [1.54, 1.807) is 34.1 Å². The lowest BCUT2D eigenvalue weighted by Crippen LogP contribution is -2.35. The number of ether oxygens (including phenoxy) is 1. The van der Waals surface area contributed by atoms with Crippen molar-refractivity contribution in [2.45, 2.75) is 19.5 Å². The molecule has 4 rings (SSSR count). The first-order valence-corrected chi connectivity index (χ1v) is 10.8. The van der Waals surface area contributed by atoms with Crippen LogP contribution in [-0.2, 0) is 29.0 Å². The zero-order chi connectivity index (χ0) is 22.9. The van der Waals surface area contributed by atoms with Gasteiger partial charge in [-0.1, -0.05) is 60.7 Å². The van der Waals surface area contributed by atoms with E-state index in [1.165, 1.54) is 0 Å². The molecule has 0 aliphatic rings. The lowest BCUT2D eigenvalue weighted by Gasteiger charge is -2.23. The number of esters is 1.